The van der Waals surface area contributed by atoms with Gasteiger partial charge in [0.1, 0.15) is 5.01 Å². The van der Waals surface area contributed by atoms with E-state index in [1.807, 2.05) is 5.38 Å². The lowest BCUT2D eigenvalue weighted by molar-refractivity contribution is 0.193. The van der Waals surface area contributed by atoms with E-state index in [1.165, 1.54) is 17.4 Å². The van der Waals surface area contributed by atoms with Crippen LogP contribution in [0.4, 0.5) is 8.78 Å². The molecule has 2 aromatic rings. The molecule has 0 spiro atoms. The molecule has 0 aliphatic carbocycles. The van der Waals surface area contributed by atoms with Crippen LogP contribution in [0.1, 0.15) is 18.0 Å². The maximum atomic E-state index is 13.2. The monoisotopic (exact) mass is 267 g/mol. The minimum atomic E-state index is -0.839. The summed E-state index contributed by atoms with van der Waals surface area (Å²) in [6, 6.07) is 3.86. The number of benzene rings is 1. The van der Waals surface area contributed by atoms with E-state index in [1.54, 1.807) is 6.07 Å². The maximum absolute atomic E-state index is 13.2. The molecule has 2 heterocycles. The van der Waals surface area contributed by atoms with Gasteiger partial charge in [0, 0.05) is 23.5 Å². The van der Waals surface area contributed by atoms with Crippen LogP contribution in [-0.4, -0.2) is 18.2 Å². The Hall–Kier alpha value is -1.33. The molecule has 94 valence electrons. The second kappa shape index (κ2) is 4.74. The molecular formula is C13H11F2NOS. The Bertz CT molecular complexity index is 564. The summed E-state index contributed by atoms with van der Waals surface area (Å²) in [5, 5.41) is 2.69. The Morgan fingerprint density at radius 1 is 1.28 bits per heavy atom. The maximum Gasteiger partial charge on any atom is 0.159 e. The minimum Gasteiger partial charge on any atom is -0.381 e. The van der Waals surface area contributed by atoms with Crippen molar-refractivity contribution in [2.45, 2.75) is 12.3 Å². The van der Waals surface area contributed by atoms with E-state index in [9.17, 15) is 8.78 Å². The normalized spacial score (nSPS) is 19.3. The summed E-state index contributed by atoms with van der Waals surface area (Å²) in [5.74, 6) is -1.34. The summed E-state index contributed by atoms with van der Waals surface area (Å²) in [7, 11) is 0. The highest BCUT2D eigenvalue weighted by molar-refractivity contribution is 7.13. The van der Waals surface area contributed by atoms with E-state index in [2.05, 4.69) is 4.98 Å². The Labute approximate surface area is 107 Å². The van der Waals surface area contributed by atoms with E-state index in [0.29, 0.717) is 18.1 Å². The molecule has 0 amide bonds. The summed E-state index contributed by atoms with van der Waals surface area (Å²) >= 11 is 1.45. The second-order valence-corrected chi connectivity index (χ2v) is 5.13. The number of ether oxygens (including phenoxy) is 1. The summed E-state index contributed by atoms with van der Waals surface area (Å²) in [6.07, 6.45) is 0.973. The number of hydrogen-bond donors (Lipinski definition) is 0. The fourth-order valence-corrected chi connectivity index (χ4v) is 2.90. The van der Waals surface area contributed by atoms with Gasteiger partial charge in [0.15, 0.2) is 11.6 Å². The predicted molar refractivity (Wildman–Crippen MR) is 65.6 cm³/mol. The van der Waals surface area contributed by atoms with Crippen LogP contribution in [0.5, 0.6) is 0 Å². The van der Waals surface area contributed by atoms with Gasteiger partial charge >= 0.3 is 0 Å². The molecule has 1 aliphatic rings. The second-order valence-electron chi connectivity index (χ2n) is 4.27. The minimum absolute atomic E-state index is 0.334. The summed E-state index contributed by atoms with van der Waals surface area (Å²) in [5.41, 5.74) is 1.60. The molecule has 0 N–H and O–H groups in total. The van der Waals surface area contributed by atoms with Crippen molar-refractivity contribution in [3.63, 3.8) is 0 Å². The highest BCUT2D eigenvalue weighted by atomic mass is 32.1. The van der Waals surface area contributed by atoms with Gasteiger partial charge in [-0.15, -0.1) is 11.3 Å². The third-order valence-electron chi connectivity index (χ3n) is 3.04. The average Bonchev–Trinajstić information content (AvgIpc) is 3.01. The van der Waals surface area contributed by atoms with Gasteiger partial charge in [0.2, 0.25) is 0 Å². The molecule has 1 atom stereocenters. The lowest BCUT2D eigenvalue weighted by Gasteiger charge is -2.02. The lowest BCUT2D eigenvalue weighted by atomic mass is 10.1. The number of thiazole rings is 1. The van der Waals surface area contributed by atoms with Crippen LogP contribution in [0.2, 0.25) is 0 Å². The van der Waals surface area contributed by atoms with Crippen LogP contribution in [-0.2, 0) is 4.74 Å². The number of nitrogens with zero attached hydrogens (tertiary/aromatic N) is 1. The SMILES string of the molecule is Fc1ccc(-c2nc(C3CCOC3)cs2)cc1F. The largest absolute Gasteiger partial charge is 0.381 e. The Balaban J connectivity index is 1.89. The van der Waals surface area contributed by atoms with E-state index in [0.717, 1.165) is 29.8 Å². The molecular weight excluding hydrogens is 256 g/mol. The zero-order chi connectivity index (χ0) is 12.5. The van der Waals surface area contributed by atoms with Crippen LogP contribution in [0, 0.1) is 11.6 Å². The van der Waals surface area contributed by atoms with Crippen molar-refractivity contribution in [3.8, 4) is 10.6 Å². The summed E-state index contributed by atoms with van der Waals surface area (Å²) in [6.45, 7) is 1.46. The number of rotatable bonds is 2. The van der Waals surface area contributed by atoms with E-state index in [-0.39, 0.29) is 0 Å². The molecule has 3 rings (SSSR count). The van der Waals surface area contributed by atoms with Crippen molar-refractivity contribution in [2.75, 3.05) is 13.2 Å². The highest BCUT2D eigenvalue weighted by Crippen LogP contribution is 2.31. The molecule has 18 heavy (non-hydrogen) atoms. The van der Waals surface area contributed by atoms with E-state index >= 15 is 0 Å². The number of aromatic nitrogens is 1. The molecule has 1 unspecified atom stereocenters. The zero-order valence-electron chi connectivity index (χ0n) is 9.53. The summed E-state index contributed by atoms with van der Waals surface area (Å²) < 4.78 is 31.3. The first-order valence-electron chi connectivity index (χ1n) is 5.72. The third-order valence-corrected chi connectivity index (χ3v) is 3.95. The molecule has 0 bridgehead atoms. The first-order chi connectivity index (χ1) is 8.74. The molecule has 1 saturated heterocycles. The van der Waals surface area contributed by atoms with Gasteiger partial charge < -0.3 is 4.74 Å². The molecule has 1 aromatic heterocycles. The predicted octanol–water partition coefficient (Wildman–Crippen LogP) is 3.59. The summed E-state index contributed by atoms with van der Waals surface area (Å²) in [4.78, 5) is 4.48. The molecule has 0 saturated carbocycles. The van der Waals surface area contributed by atoms with Gasteiger partial charge in [0.25, 0.3) is 0 Å². The van der Waals surface area contributed by atoms with Crippen molar-refractivity contribution >= 4 is 11.3 Å². The third kappa shape index (κ3) is 2.15. The fraction of sp³-hybridized carbons (Fsp3) is 0.308. The smallest absolute Gasteiger partial charge is 0.159 e. The van der Waals surface area contributed by atoms with Crippen LogP contribution in [0.25, 0.3) is 10.6 Å². The molecule has 5 heteroatoms. The molecule has 2 nitrogen and oxygen atoms in total. The molecule has 1 aliphatic heterocycles. The van der Waals surface area contributed by atoms with Crippen LogP contribution in [0.3, 0.4) is 0 Å². The Kier molecular flexibility index (Phi) is 3.09. The lowest BCUT2D eigenvalue weighted by Crippen LogP contribution is -1.97. The van der Waals surface area contributed by atoms with Gasteiger partial charge in [-0.1, -0.05) is 0 Å². The van der Waals surface area contributed by atoms with Gasteiger partial charge in [0.05, 0.1) is 12.3 Å². The van der Waals surface area contributed by atoms with Gasteiger partial charge in [-0.2, -0.15) is 0 Å². The zero-order valence-corrected chi connectivity index (χ0v) is 10.3. The van der Waals surface area contributed by atoms with Crippen molar-refractivity contribution in [2.24, 2.45) is 0 Å². The van der Waals surface area contributed by atoms with E-state index in [4.69, 9.17) is 4.74 Å². The van der Waals surface area contributed by atoms with Crippen LogP contribution >= 0.6 is 11.3 Å². The number of halogens is 2. The first kappa shape index (κ1) is 11.7. The molecule has 0 radical (unpaired) electrons. The first-order valence-corrected chi connectivity index (χ1v) is 6.60. The topological polar surface area (TPSA) is 22.1 Å². The fourth-order valence-electron chi connectivity index (χ4n) is 2.00. The number of hydrogen-bond acceptors (Lipinski definition) is 3. The quantitative estimate of drug-likeness (QED) is 0.829. The van der Waals surface area contributed by atoms with Crippen LogP contribution < -0.4 is 0 Å². The van der Waals surface area contributed by atoms with Crippen LogP contribution in [0.15, 0.2) is 23.6 Å². The van der Waals surface area contributed by atoms with Gasteiger partial charge in [-0.25, -0.2) is 13.8 Å². The molecule has 1 aromatic carbocycles. The van der Waals surface area contributed by atoms with Crippen molar-refractivity contribution in [3.05, 3.63) is 40.9 Å². The van der Waals surface area contributed by atoms with Crippen molar-refractivity contribution in [1.82, 2.24) is 4.98 Å². The average molecular weight is 267 g/mol. The standard InChI is InChI=1S/C13H11F2NOS/c14-10-2-1-8(5-11(10)15)13-16-12(7-18-13)9-3-4-17-6-9/h1-2,5,7,9H,3-4,6H2. The van der Waals surface area contributed by atoms with Gasteiger partial charge in [-0.3, -0.25) is 0 Å². The van der Waals surface area contributed by atoms with Crippen molar-refractivity contribution < 1.29 is 13.5 Å². The highest BCUT2D eigenvalue weighted by Gasteiger charge is 2.20. The van der Waals surface area contributed by atoms with Crippen molar-refractivity contribution in [1.29, 1.82) is 0 Å². The van der Waals surface area contributed by atoms with E-state index < -0.39 is 11.6 Å². The molecule has 1 fully saturated rings. The Morgan fingerprint density at radius 3 is 2.89 bits per heavy atom. The Morgan fingerprint density at radius 2 is 2.17 bits per heavy atom. The van der Waals surface area contributed by atoms with Gasteiger partial charge in [-0.05, 0) is 24.6 Å².